The van der Waals surface area contributed by atoms with E-state index >= 15 is 0 Å². The molecule has 1 aromatic heterocycles. The molecule has 1 aliphatic heterocycles. The van der Waals surface area contributed by atoms with Gasteiger partial charge in [0.05, 0.1) is 12.6 Å². The number of rotatable bonds is 5. The van der Waals surface area contributed by atoms with Crippen molar-refractivity contribution >= 4 is 5.95 Å². The van der Waals surface area contributed by atoms with Crippen LogP contribution in [-0.2, 0) is 6.54 Å². The number of β-amino-alcohol motifs (C(OH)–C–C–N with tert-alkyl or cyclic N) is 1. The van der Waals surface area contributed by atoms with Crippen LogP contribution in [0.25, 0.3) is 0 Å². The molecule has 0 aromatic carbocycles. The molecule has 11 heteroatoms. The number of imidazole rings is 1. The standard InChI is InChI=1S/C11H16F3N5O3.C3H6/c12-11(13,14)18-5-3-16(4-6-18)7-9(20)8-17-2-1-15-10(17)19(21)22;1-3-2/h1-2,9,20H,3-8H2;3H,1H2,2H3. The van der Waals surface area contributed by atoms with Crippen molar-refractivity contribution in [2.24, 2.45) is 0 Å². The molecule has 1 N–H and O–H groups in total. The number of hydrogen-bond donors (Lipinski definition) is 1. The summed E-state index contributed by atoms with van der Waals surface area (Å²) in [6.45, 7) is 5.44. The molecule has 0 saturated carbocycles. The van der Waals surface area contributed by atoms with Crippen molar-refractivity contribution in [3.8, 4) is 0 Å². The molecule has 25 heavy (non-hydrogen) atoms. The van der Waals surface area contributed by atoms with Crippen molar-refractivity contribution in [2.45, 2.75) is 25.9 Å². The van der Waals surface area contributed by atoms with Gasteiger partial charge >= 0.3 is 12.2 Å². The molecule has 0 spiro atoms. The number of nitro groups is 1. The molecule has 2 heterocycles. The zero-order chi connectivity index (χ0) is 19.0. The maximum atomic E-state index is 12.5. The lowest BCUT2D eigenvalue weighted by Gasteiger charge is -2.36. The third-order valence-electron chi connectivity index (χ3n) is 3.46. The Morgan fingerprint density at radius 3 is 2.44 bits per heavy atom. The highest BCUT2D eigenvalue weighted by Gasteiger charge is 2.38. The molecule has 1 unspecified atom stereocenters. The molecular weight excluding hydrogens is 343 g/mol. The van der Waals surface area contributed by atoms with Crippen LogP contribution in [0.2, 0.25) is 0 Å². The average molecular weight is 365 g/mol. The fourth-order valence-electron chi connectivity index (χ4n) is 2.38. The Balaban J connectivity index is 0.000000970. The normalized spacial score (nSPS) is 17.5. The van der Waals surface area contributed by atoms with Crippen LogP contribution in [0.5, 0.6) is 0 Å². The number of aliphatic hydroxyl groups excluding tert-OH is 1. The van der Waals surface area contributed by atoms with Gasteiger partial charge in [-0.15, -0.1) is 6.58 Å². The van der Waals surface area contributed by atoms with Gasteiger partial charge in [0.1, 0.15) is 12.4 Å². The van der Waals surface area contributed by atoms with Gasteiger partial charge in [-0.1, -0.05) is 11.1 Å². The fraction of sp³-hybridized carbons (Fsp3) is 0.643. The van der Waals surface area contributed by atoms with Crippen LogP contribution in [0.4, 0.5) is 19.1 Å². The molecule has 0 bridgehead atoms. The summed E-state index contributed by atoms with van der Waals surface area (Å²) in [5.74, 6) is -0.374. The van der Waals surface area contributed by atoms with E-state index in [1.54, 1.807) is 11.0 Å². The summed E-state index contributed by atoms with van der Waals surface area (Å²) in [6, 6.07) is 0. The highest BCUT2D eigenvalue weighted by Crippen LogP contribution is 2.22. The summed E-state index contributed by atoms with van der Waals surface area (Å²) in [5, 5.41) is 20.7. The molecule has 1 saturated heterocycles. The zero-order valence-electron chi connectivity index (χ0n) is 13.9. The van der Waals surface area contributed by atoms with E-state index in [4.69, 9.17) is 0 Å². The molecule has 0 radical (unpaired) electrons. The van der Waals surface area contributed by atoms with Gasteiger partial charge in [0.15, 0.2) is 0 Å². The van der Waals surface area contributed by atoms with E-state index < -0.39 is 17.3 Å². The summed E-state index contributed by atoms with van der Waals surface area (Å²) in [7, 11) is 0. The van der Waals surface area contributed by atoms with Gasteiger partial charge in [0.25, 0.3) is 0 Å². The minimum absolute atomic E-state index is 0.0319. The topological polar surface area (TPSA) is 87.7 Å². The first-order valence-electron chi connectivity index (χ1n) is 7.63. The van der Waals surface area contributed by atoms with Crippen molar-refractivity contribution in [3.05, 3.63) is 35.2 Å². The SMILES string of the molecule is C=CC.O=[N+]([O-])c1nccn1CC(O)CN1CCN(C(F)(F)F)CC1. The highest BCUT2D eigenvalue weighted by atomic mass is 19.4. The number of piperazine rings is 1. The highest BCUT2D eigenvalue weighted by molar-refractivity contribution is 5.06. The van der Waals surface area contributed by atoms with Crippen molar-refractivity contribution in [1.82, 2.24) is 19.4 Å². The monoisotopic (exact) mass is 365 g/mol. The number of hydrogen-bond acceptors (Lipinski definition) is 6. The number of nitrogens with zero attached hydrogens (tertiary/aromatic N) is 5. The molecule has 8 nitrogen and oxygen atoms in total. The van der Waals surface area contributed by atoms with Crippen LogP contribution >= 0.6 is 0 Å². The zero-order valence-corrected chi connectivity index (χ0v) is 13.9. The van der Waals surface area contributed by atoms with E-state index in [1.807, 2.05) is 6.92 Å². The van der Waals surface area contributed by atoms with E-state index in [9.17, 15) is 28.4 Å². The number of allylic oxidation sites excluding steroid dienone is 1. The Morgan fingerprint density at radius 2 is 1.96 bits per heavy atom. The maximum absolute atomic E-state index is 12.5. The largest absolute Gasteiger partial charge is 0.460 e. The number of aliphatic hydroxyl groups is 1. The molecule has 2 rings (SSSR count). The summed E-state index contributed by atoms with van der Waals surface area (Å²) in [6.07, 6.45) is -0.872. The first-order valence-corrected chi connectivity index (χ1v) is 7.63. The third-order valence-corrected chi connectivity index (χ3v) is 3.46. The summed E-state index contributed by atoms with van der Waals surface area (Å²) in [4.78, 5) is 15.7. The molecule has 1 aliphatic rings. The van der Waals surface area contributed by atoms with Crippen LogP contribution in [0.3, 0.4) is 0 Å². The molecule has 0 aliphatic carbocycles. The van der Waals surface area contributed by atoms with Gasteiger partial charge in [-0.2, -0.15) is 13.2 Å². The Bertz CT molecular complexity index is 556. The molecule has 0 amide bonds. The van der Waals surface area contributed by atoms with E-state index in [1.165, 1.54) is 17.0 Å². The fourth-order valence-corrected chi connectivity index (χ4v) is 2.38. The first-order chi connectivity index (χ1) is 11.7. The quantitative estimate of drug-likeness (QED) is 0.368. The molecule has 1 aromatic rings. The Hall–Kier alpha value is -1.98. The first kappa shape index (κ1) is 21.1. The van der Waals surface area contributed by atoms with Crippen LogP contribution < -0.4 is 0 Å². The molecule has 1 fully saturated rings. The maximum Gasteiger partial charge on any atom is 0.460 e. The Labute approximate surface area is 143 Å². The van der Waals surface area contributed by atoms with E-state index in [2.05, 4.69) is 11.6 Å². The van der Waals surface area contributed by atoms with Crippen molar-refractivity contribution < 1.29 is 23.2 Å². The van der Waals surface area contributed by atoms with Crippen LogP contribution in [-0.4, -0.2) is 74.5 Å². The van der Waals surface area contributed by atoms with Crippen molar-refractivity contribution in [3.63, 3.8) is 0 Å². The van der Waals surface area contributed by atoms with Gasteiger partial charge in [-0.25, -0.2) is 9.47 Å². The smallest absolute Gasteiger partial charge is 0.390 e. The molecule has 142 valence electrons. The van der Waals surface area contributed by atoms with Gasteiger partial charge in [0, 0.05) is 32.7 Å². The van der Waals surface area contributed by atoms with E-state index in [0.717, 1.165) is 0 Å². The van der Waals surface area contributed by atoms with Crippen LogP contribution in [0.15, 0.2) is 25.0 Å². The van der Waals surface area contributed by atoms with Crippen LogP contribution in [0.1, 0.15) is 6.92 Å². The molecular formula is C14H22F3N5O3. The van der Waals surface area contributed by atoms with Crippen LogP contribution in [0, 0.1) is 10.1 Å². The number of alkyl halides is 3. The Kier molecular flexibility index (Phi) is 8.00. The van der Waals surface area contributed by atoms with Gasteiger partial charge in [0.2, 0.25) is 0 Å². The predicted molar refractivity (Wildman–Crippen MR) is 84.8 cm³/mol. The summed E-state index contributed by atoms with van der Waals surface area (Å²) >= 11 is 0. The van der Waals surface area contributed by atoms with Gasteiger partial charge in [-0.3, -0.25) is 4.90 Å². The summed E-state index contributed by atoms with van der Waals surface area (Å²) < 4.78 is 38.7. The summed E-state index contributed by atoms with van der Waals surface area (Å²) in [5.41, 5.74) is 0. The second-order valence-corrected chi connectivity index (χ2v) is 5.45. The second kappa shape index (κ2) is 9.49. The van der Waals surface area contributed by atoms with Crippen molar-refractivity contribution in [2.75, 3.05) is 32.7 Å². The van der Waals surface area contributed by atoms with Gasteiger partial charge < -0.3 is 15.2 Å². The lowest BCUT2D eigenvalue weighted by molar-refractivity contribution is -0.397. The van der Waals surface area contributed by atoms with E-state index in [0.29, 0.717) is 4.90 Å². The predicted octanol–water partition coefficient (Wildman–Crippen LogP) is 1.48. The van der Waals surface area contributed by atoms with Crippen molar-refractivity contribution in [1.29, 1.82) is 0 Å². The minimum Gasteiger partial charge on any atom is -0.390 e. The van der Waals surface area contributed by atoms with E-state index in [-0.39, 0.29) is 45.2 Å². The lowest BCUT2D eigenvalue weighted by atomic mass is 10.2. The Morgan fingerprint density at radius 1 is 1.40 bits per heavy atom. The lowest BCUT2D eigenvalue weighted by Crippen LogP contribution is -2.53. The third kappa shape index (κ3) is 6.80. The second-order valence-electron chi connectivity index (χ2n) is 5.45. The number of halogens is 3. The average Bonchev–Trinajstić information content (AvgIpc) is 2.96. The molecule has 1 atom stereocenters. The van der Waals surface area contributed by atoms with Gasteiger partial charge in [-0.05, 0) is 11.8 Å². The minimum atomic E-state index is -4.33. The number of aromatic nitrogens is 2.